The van der Waals surface area contributed by atoms with Gasteiger partial charge >= 0.3 is 0 Å². The summed E-state index contributed by atoms with van der Waals surface area (Å²) < 4.78 is 23.3. The van der Waals surface area contributed by atoms with Crippen LogP contribution in [0.1, 0.15) is 239 Å². The number of nitrogens with zero attached hydrogens (tertiary/aromatic N) is 1. The maximum Gasteiger partial charge on any atom is 0.268 e. The van der Waals surface area contributed by atoms with Crippen molar-refractivity contribution in [1.29, 1.82) is 0 Å². The normalized spacial score (nSPS) is 14.4. The van der Waals surface area contributed by atoms with Crippen LogP contribution in [0.2, 0.25) is 0 Å². The van der Waals surface area contributed by atoms with Crippen LogP contribution in [0.4, 0.5) is 0 Å². The first kappa shape index (κ1) is 58.0. The molecule has 1 amide bonds. The van der Waals surface area contributed by atoms with Crippen LogP contribution < -0.4 is 10.2 Å². The van der Waals surface area contributed by atoms with Gasteiger partial charge < -0.3 is 28.8 Å². The third kappa shape index (κ3) is 44.8. The van der Waals surface area contributed by atoms with E-state index in [1.807, 2.05) is 27.2 Å². The Morgan fingerprint density at radius 3 is 1.32 bits per heavy atom. The molecule has 2 N–H and O–H groups in total. The van der Waals surface area contributed by atoms with Crippen LogP contribution in [0.25, 0.3) is 0 Å². The Hall–Kier alpha value is -1.02. The average Bonchev–Trinajstić information content (AvgIpc) is 3.19. The topological polar surface area (TPSA) is 108 Å². The van der Waals surface area contributed by atoms with Crippen LogP contribution in [0.15, 0.2) is 24.3 Å². The second kappa shape index (κ2) is 42.3. The number of carbonyl (C=O) groups excluding carboxylic acids is 1. The van der Waals surface area contributed by atoms with E-state index in [0.29, 0.717) is 17.4 Å². The molecule has 350 valence electrons. The van der Waals surface area contributed by atoms with E-state index < -0.39 is 20.0 Å². The maximum atomic E-state index is 12.9. The molecule has 0 saturated heterocycles. The number of unbranched alkanes of at least 4 members (excludes halogenated alkanes) is 31. The molecule has 59 heavy (non-hydrogen) atoms. The fourth-order valence-corrected chi connectivity index (χ4v) is 8.11. The van der Waals surface area contributed by atoms with Crippen LogP contribution >= 0.6 is 7.82 Å². The highest BCUT2D eigenvalue weighted by molar-refractivity contribution is 7.45. The molecule has 0 spiro atoms. The van der Waals surface area contributed by atoms with Gasteiger partial charge in [-0.05, 0) is 44.9 Å². The first-order valence-electron chi connectivity index (χ1n) is 25.2. The predicted octanol–water partition coefficient (Wildman–Crippen LogP) is 13.8. The summed E-state index contributed by atoms with van der Waals surface area (Å²) in [6.45, 7) is 4.66. The fourth-order valence-electron chi connectivity index (χ4n) is 7.38. The zero-order valence-electron chi connectivity index (χ0n) is 39.7. The van der Waals surface area contributed by atoms with Gasteiger partial charge in [-0.25, -0.2) is 0 Å². The minimum atomic E-state index is -4.59. The Morgan fingerprint density at radius 2 is 0.932 bits per heavy atom. The van der Waals surface area contributed by atoms with Crippen molar-refractivity contribution < 1.29 is 32.9 Å². The minimum Gasteiger partial charge on any atom is -0.756 e. The molecule has 0 saturated carbocycles. The van der Waals surface area contributed by atoms with Crippen LogP contribution in [0, 0.1) is 0 Å². The first-order valence-corrected chi connectivity index (χ1v) is 26.7. The third-order valence-electron chi connectivity index (χ3n) is 11.4. The Morgan fingerprint density at radius 1 is 0.576 bits per heavy atom. The zero-order valence-corrected chi connectivity index (χ0v) is 40.6. The molecule has 0 aromatic rings. The molecular weight excluding hydrogens is 756 g/mol. The molecule has 3 unspecified atom stereocenters. The van der Waals surface area contributed by atoms with Crippen molar-refractivity contribution in [2.24, 2.45) is 0 Å². The van der Waals surface area contributed by atoms with Gasteiger partial charge in [-0.1, -0.05) is 212 Å². The Bertz CT molecular complexity index is 1020. The Balaban J connectivity index is 4.29. The maximum absolute atomic E-state index is 12.9. The number of phosphoric acid groups is 1. The quantitative estimate of drug-likeness (QED) is 0.0273. The van der Waals surface area contributed by atoms with Crippen LogP contribution in [-0.4, -0.2) is 68.5 Å². The van der Waals surface area contributed by atoms with Gasteiger partial charge in [0.15, 0.2) is 0 Å². The summed E-state index contributed by atoms with van der Waals surface area (Å²) in [6, 6.07) is -0.886. The standard InChI is InChI=1S/C50H99N2O6P/c1-6-8-10-12-14-16-18-20-22-23-24-25-26-27-28-30-32-34-36-38-40-42-44-50(54)51-48(47-58-59(55,56)57-46-45-52(3,4)5)49(53)43-41-39-37-35-33-31-29-21-19-17-15-13-11-9-7-2/h26-27,41,43,48-49,53H,6-25,28-40,42,44-47H2,1-5H3,(H-,51,54,55,56)/b27-26-,43-41+. The second-order valence-electron chi connectivity index (χ2n) is 18.5. The second-order valence-corrected chi connectivity index (χ2v) is 19.9. The van der Waals surface area contributed by atoms with Crippen LogP contribution in [-0.2, 0) is 18.4 Å². The van der Waals surface area contributed by atoms with Crippen molar-refractivity contribution in [2.45, 2.75) is 251 Å². The average molecular weight is 855 g/mol. The highest BCUT2D eigenvalue weighted by atomic mass is 31.2. The molecule has 0 fully saturated rings. The number of quaternary nitrogens is 1. The summed E-state index contributed by atoms with van der Waals surface area (Å²) in [5.74, 6) is -0.200. The van der Waals surface area contributed by atoms with Crippen LogP contribution in [0.3, 0.4) is 0 Å². The lowest BCUT2D eigenvalue weighted by atomic mass is 10.0. The Labute approximate surface area is 366 Å². The molecular formula is C50H99N2O6P. The van der Waals surface area contributed by atoms with E-state index in [1.54, 1.807) is 6.08 Å². The van der Waals surface area contributed by atoms with Crippen molar-refractivity contribution in [3.63, 3.8) is 0 Å². The SMILES string of the molecule is CCCCCCCCCCCCC/C=C\CCCCCCCCCC(=O)NC(COP(=O)([O-])OCC[N+](C)(C)C)C(O)/C=C/CCCCCCCCCCCCCCC. The van der Waals surface area contributed by atoms with E-state index in [9.17, 15) is 19.4 Å². The Kier molecular flexibility index (Phi) is 41.6. The number of rotatable bonds is 46. The summed E-state index contributed by atoms with van der Waals surface area (Å²) >= 11 is 0. The summed E-state index contributed by atoms with van der Waals surface area (Å²) in [6.07, 6.45) is 50.9. The number of amides is 1. The minimum absolute atomic E-state index is 0.000555. The number of hydrogen-bond donors (Lipinski definition) is 2. The molecule has 8 nitrogen and oxygen atoms in total. The summed E-state index contributed by atoms with van der Waals surface area (Å²) in [5, 5.41) is 13.8. The molecule has 0 aromatic carbocycles. The van der Waals surface area contributed by atoms with Crippen LogP contribution in [0.5, 0.6) is 0 Å². The highest BCUT2D eigenvalue weighted by Gasteiger charge is 2.23. The van der Waals surface area contributed by atoms with E-state index in [0.717, 1.165) is 38.5 Å². The number of allylic oxidation sites excluding steroid dienone is 3. The number of carbonyl (C=O) groups is 1. The lowest BCUT2D eigenvalue weighted by Gasteiger charge is -2.29. The fraction of sp³-hybridized carbons (Fsp3) is 0.900. The van der Waals surface area contributed by atoms with Gasteiger partial charge in [0.05, 0.1) is 39.9 Å². The predicted molar refractivity (Wildman–Crippen MR) is 252 cm³/mol. The molecule has 0 aliphatic rings. The van der Waals surface area contributed by atoms with Crippen molar-refractivity contribution in [3.05, 3.63) is 24.3 Å². The number of phosphoric ester groups is 1. The lowest BCUT2D eigenvalue weighted by molar-refractivity contribution is -0.870. The molecule has 0 aliphatic heterocycles. The summed E-state index contributed by atoms with van der Waals surface area (Å²) in [5.41, 5.74) is 0. The number of nitrogens with one attached hydrogen (secondary N) is 1. The van der Waals surface area contributed by atoms with E-state index in [-0.39, 0.29) is 19.1 Å². The van der Waals surface area contributed by atoms with Gasteiger partial charge in [0.2, 0.25) is 5.91 Å². The monoisotopic (exact) mass is 855 g/mol. The molecule has 0 radical (unpaired) electrons. The number of hydrogen-bond acceptors (Lipinski definition) is 6. The van der Waals surface area contributed by atoms with Gasteiger partial charge in [0, 0.05) is 6.42 Å². The van der Waals surface area contributed by atoms with Gasteiger partial charge in [-0.3, -0.25) is 9.36 Å². The molecule has 0 heterocycles. The van der Waals surface area contributed by atoms with Crippen molar-refractivity contribution in [1.82, 2.24) is 5.32 Å². The summed E-state index contributed by atoms with van der Waals surface area (Å²) in [7, 11) is 1.26. The van der Waals surface area contributed by atoms with Gasteiger partial charge in [-0.2, -0.15) is 0 Å². The van der Waals surface area contributed by atoms with Crippen molar-refractivity contribution >= 4 is 13.7 Å². The largest absolute Gasteiger partial charge is 0.756 e. The zero-order chi connectivity index (χ0) is 43.6. The molecule has 0 aromatic heterocycles. The molecule has 3 atom stereocenters. The first-order chi connectivity index (χ1) is 28.5. The molecule has 0 aliphatic carbocycles. The summed E-state index contributed by atoms with van der Waals surface area (Å²) in [4.78, 5) is 25.4. The molecule has 9 heteroatoms. The number of likely N-dealkylation sites (N-methyl/N-ethyl adjacent to an activating group) is 1. The van der Waals surface area contributed by atoms with Crippen molar-refractivity contribution in [2.75, 3.05) is 40.9 Å². The van der Waals surface area contributed by atoms with E-state index >= 15 is 0 Å². The van der Waals surface area contributed by atoms with Gasteiger partial charge in [0.25, 0.3) is 7.82 Å². The van der Waals surface area contributed by atoms with Gasteiger partial charge in [0.1, 0.15) is 13.2 Å². The van der Waals surface area contributed by atoms with Crippen molar-refractivity contribution in [3.8, 4) is 0 Å². The smallest absolute Gasteiger partial charge is 0.268 e. The highest BCUT2D eigenvalue weighted by Crippen LogP contribution is 2.38. The molecule has 0 bridgehead atoms. The lowest BCUT2D eigenvalue weighted by Crippen LogP contribution is -2.45. The van der Waals surface area contributed by atoms with E-state index in [1.165, 1.54) is 180 Å². The van der Waals surface area contributed by atoms with Gasteiger partial charge in [-0.15, -0.1) is 0 Å². The van der Waals surface area contributed by atoms with E-state index in [2.05, 4.69) is 31.3 Å². The number of aliphatic hydroxyl groups is 1. The van der Waals surface area contributed by atoms with E-state index in [4.69, 9.17) is 9.05 Å². The molecule has 0 rings (SSSR count). The number of aliphatic hydroxyl groups excluding tert-OH is 1. The third-order valence-corrected chi connectivity index (χ3v) is 12.4.